The zero-order valence-corrected chi connectivity index (χ0v) is 12.2. The van der Waals surface area contributed by atoms with Gasteiger partial charge in [-0.05, 0) is 30.9 Å². The van der Waals surface area contributed by atoms with Crippen LogP contribution in [0.1, 0.15) is 24.8 Å². The molecule has 1 atom stereocenters. The Bertz CT molecular complexity index is 468. The van der Waals surface area contributed by atoms with E-state index in [9.17, 15) is 13.6 Å². The SMILES string of the molecule is Cl.NC(C(=O)Nc1cccc(C(F)F)c1)C1CCOCC1. The highest BCUT2D eigenvalue weighted by atomic mass is 35.5. The van der Waals surface area contributed by atoms with Gasteiger partial charge in [0.15, 0.2) is 0 Å². The Morgan fingerprint density at radius 3 is 2.62 bits per heavy atom. The van der Waals surface area contributed by atoms with Crippen molar-refractivity contribution in [3.63, 3.8) is 0 Å². The van der Waals surface area contributed by atoms with Gasteiger partial charge in [0.2, 0.25) is 5.91 Å². The molecule has 4 nitrogen and oxygen atoms in total. The van der Waals surface area contributed by atoms with Gasteiger partial charge < -0.3 is 15.8 Å². The van der Waals surface area contributed by atoms with Gasteiger partial charge in [-0.2, -0.15) is 0 Å². The molecule has 0 bridgehead atoms. The molecule has 118 valence electrons. The fraction of sp³-hybridized carbons (Fsp3) is 0.500. The monoisotopic (exact) mass is 320 g/mol. The van der Waals surface area contributed by atoms with Crippen molar-refractivity contribution in [3.05, 3.63) is 29.8 Å². The van der Waals surface area contributed by atoms with Gasteiger partial charge in [-0.25, -0.2) is 8.78 Å². The Balaban J connectivity index is 0.00000220. The minimum atomic E-state index is -2.56. The number of hydrogen-bond donors (Lipinski definition) is 2. The zero-order valence-electron chi connectivity index (χ0n) is 11.4. The number of rotatable bonds is 4. The van der Waals surface area contributed by atoms with Crippen LogP contribution < -0.4 is 11.1 Å². The molecule has 1 aliphatic heterocycles. The lowest BCUT2D eigenvalue weighted by Crippen LogP contribution is -2.44. The number of nitrogens with one attached hydrogen (secondary N) is 1. The molecule has 1 fully saturated rings. The van der Waals surface area contributed by atoms with Crippen molar-refractivity contribution in [3.8, 4) is 0 Å². The standard InChI is InChI=1S/C14H18F2N2O2.ClH/c15-13(16)10-2-1-3-11(8-10)18-14(19)12(17)9-4-6-20-7-5-9;/h1-3,8-9,12-13H,4-7,17H2,(H,18,19);1H. The van der Waals surface area contributed by atoms with Gasteiger partial charge in [-0.15, -0.1) is 12.4 Å². The van der Waals surface area contributed by atoms with Crippen LogP contribution >= 0.6 is 12.4 Å². The van der Waals surface area contributed by atoms with Crippen LogP contribution in [0.3, 0.4) is 0 Å². The normalized spacial score (nSPS) is 17.1. The maximum Gasteiger partial charge on any atom is 0.263 e. The highest BCUT2D eigenvalue weighted by molar-refractivity contribution is 5.94. The second-order valence-electron chi connectivity index (χ2n) is 4.89. The molecular formula is C14H19ClF2N2O2. The number of amides is 1. The molecule has 0 aromatic heterocycles. The fourth-order valence-electron chi connectivity index (χ4n) is 2.27. The first-order valence-electron chi connectivity index (χ1n) is 6.60. The number of nitrogens with two attached hydrogens (primary N) is 1. The smallest absolute Gasteiger partial charge is 0.263 e. The summed E-state index contributed by atoms with van der Waals surface area (Å²) >= 11 is 0. The average Bonchev–Trinajstić information content (AvgIpc) is 2.47. The van der Waals surface area contributed by atoms with Crippen LogP contribution in [0.15, 0.2) is 24.3 Å². The van der Waals surface area contributed by atoms with Crippen molar-refractivity contribution < 1.29 is 18.3 Å². The number of anilines is 1. The molecule has 1 aliphatic rings. The topological polar surface area (TPSA) is 64.4 Å². The summed E-state index contributed by atoms with van der Waals surface area (Å²) in [6.07, 6.45) is -1.08. The molecule has 3 N–H and O–H groups in total. The fourth-order valence-corrected chi connectivity index (χ4v) is 2.27. The Hall–Kier alpha value is -1.24. The third-order valence-corrected chi connectivity index (χ3v) is 3.48. The molecule has 1 heterocycles. The third kappa shape index (κ3) is 4.91. The molecule has 7 heteroatoms. The Kier molecular flexibility index (Phi) is 7.01. The van der Waals surface area contributed by atoms with Gasteiger partial charge in [0.05, 0.1) is 6.04 Å². The van der Waals surface area contributed by atoms with E-state index in [0.717, 1.165) is 12.8 Å². The molecule has 21 heavy (non-hydrogen) atoms. The lowest BCUT2D eigenvalue weighted by molar-refractivity contribution is -0.119. The van der Waals surface area contributed by atoms with Gasteiger partial charge in [0.1, 0.15) is 0 Å². The van der Waals surface area contributed by atoms with Crippen molar-refractivity contribution >= 4 is 24.0 Å². The summed E-state index contributed by atoms with van der Waals surface area (Å²) in [4.78, 5) is 12.0. The first kappa shape index (κ1) is 17.8. The summed E-state index contributed by atoms with van der Waals surface area (Å²) < 4.78 is 30.4. The number of hydrogen-bond acceptors (Lipinski definition) is 3. The maximum absolute atomic E-state index is 12.6. The van der Waals surface area contributed by atoms with Crippen molar-refractivity contribution in [2.45, 2.75) is 25.3 Å². The highest BCUT2D eigenvalue weighted by Crippen LogP contribution is 2.23. The minimum Gasteiger partial charge on any atom is -0.381 e. The molecule has 1 aromatic rings. The summed E-state index contributed by atoms with van der Waals surface area (Å²) in [6, 6.07) is 4.99. The zero-order chi connectivity index (χ0) is 14.5. The quantitative estimate of drug-likeness (QED) is 0.896. The van der Waals surface area contributed by atoms with Crippen molar-refractivity contribution in [1.29, 1.82) is 0 Å². The summed E-state index contributed by atoms with van der Waals surface area (Å²) in [5, 5.41) is 2.60. The number of alkyl halides is 2. The van der Waals surface area contributed by atoms with Crippen LogP contribution in [0, 0.1) is 5.92 Å². The predicted molar refractivity (Wildman–Crippen MR) is 78.8 cm³/mol. The van der Waals surface area contributed by atoms with E-state index in [4.69, 9.17) is 10.5 Å². The second kappa shape index (κ2) is 8.26. The van der Waals surface area contributed by atoms with E-state index in [2.05, 4.69) is 5.32 Å². The van der Waals surface area contributed by atoms with E-state index in [1.54, 1.807) is 6.07 Å². The van der Waals surface area contributed by atoms with E-state index in [1.165, 1.54) is 18.2 Å². The van der Waals surface area contributed by atoms with Gasteiger partial charge >= 0.3 is 0 Å². The minimum absolute atomic E-state index is 0. The van der Waals surface area contributed by atoms with Crippen LogP contribution in [0.4, 0.5) is 14.5 Å². The van der Waals surface area contributed by atoms with Gasteiger partial charge in [0.25, 0.3) is 6.43 Å². The molecule has 0 radical (unpaired) electrons. The lowest BCUT2D eigenvalue weighted by Gasteiger charge is -2.26. The average molecular weight is 321 g/mol. The molecule has 0 spiro atoms. The Morgan fingerprint density at radius 1 is 1.33 bits per heavy atom. The number of carbonyl (C=O) groups excluding carboxylic acids is 1. The van der Waals surface area contributed by atoms with Crippen molar-refractivity contribution in [2.75, 3.05) is 18.5 Å². The van der Waals surface area contributed by atoms with Crippen LogP contribution in [0.25, 0.3) is 0 Å². The first-order chi connectivity index (χ1) is 9.58. The van der Waals surface area contributed by atoms with E-state index < -0.39 is 12.5 Å². The Labute approximate surface area is 128 Å². The highest BCUT2D eigenvalue weighted by Gasteiger charge is 2.26. The molecule has 1 aromatic carbocycles. The van der Waals surface area contributed by atoms with Gasteiger partial charge in [-0.3, -0.25) is 4.79 Å². The van der Waals surface area contributed by atoms with E-state index in [0.29, 0.717) is 18.9 Å². The second-order valence-corrected chi connectivity index (χ2v) is 4.89. The predicted octanol–water partition coefficient (Wildman–Crippen LogP) is 2.74. The molecule has 1 amide bonds. The van der Waals surface area contributed by atoms with Crippen LogP contribution in [-0.4, -0.2) is 25.2 Å². The van der Waals surface area contributed by atoms with Gasteiger partial charge in [0, 0.05) is 24.5 Å². The number of halogens is 3. The van der Waals surface area contributed by atoms with Crippen molar-refractivity contribution in [2.24, 2.45) is 11.7 Å². The summed E-state index contributed by atoms with van der Waals surface area (Å²) in [6.45, 7) is 1.21. The van der Waals surface area contributed by atoms with Gasteiger partial charge in [-0.1, -0.05) is 12.1 Å². The van der Waals surface area contributed by atoms with Crippen molar-refractivity contribution in [1.82, 2.24) is 0 Å². The first-order valence-corrected chi connectivity index (χ1v) is 6.60. The number of carbonyl (C=O) groups is 1. The largest absolute Gasteiger partial charge is 0.381 e. The molecule has 2 rings (SSSR count). The van der Waals surface area contributed by atoms with Crippen LogP contribution in [0.2, 0.25) is 0 Å². The van der Waals surface area contributed by atoms with E-state index in [1.807, 2.05) is 0 Å². The molecule has 1 saturated heterocycles. The van der Waals surface area contributed by atoms with E-state index in [-0.39, 0.29) is 29.8 Å². The molecule has 0 aliphatic carbocycles. The maximum atomic E-state index is 12.6. The Morgan fingerprint density at radius 2 is 2.00 bits per heavy atom. The molecule has 1 unspecified atom stereocenters. The number of ether oxygens (including phenoxy) is 1. The summed E-state index contributed by atoms with van der Waals surface area (Å²) in [5.41, 5.74) is 6.14. The summed E-state index contributed by atoms with van der Waals surface area (Å²) in [7, 11) is 0. The molecular weight excluding hydrogens is 302 g/mol. The third-order valence-electron chi connectivity index (χ3n) is 3.48. The van der Waals surface area contributed by atoms with Crippen LogP contribution in [-0.2, 0) is 9.53 Å². The summed E-state index contributed by atoms with van der Waals surface area (Å²) in [5.74, 6) is -0.273. The van der Waals surface area contributed by atoms with Crippen LogP contribution in [0.5, 0.6) is 0 Å². The lowest BCUT2D eigenvalue weighted by atomic mass is 9.92. The molecule has 0 saturated carbocycles. The number of benzene rings is 1. The van der Waals surface area contributed by atoms with E-state index >= 15 is 0 Å².